The van der Waals surface area contributed by atoms with Gasteiger partial charge in [0.1, 0.15) is 5.82 Å². The molecule has 0 amide bonds. The molecule has 14 heavy (non-hydrogen) atoms. The van der Waals surface area contributed by atoms with Crippen molar-refractivity contribution in [1.29, 1.82) is 0 Å². The van der Waals surface area contributed by atoms with Gasteiger partial charge in [-0.25, -0.2) is 4.98 Å². The maximum atomic E-state index is 4.47. The Labute approximate surface area is 93.3 Å². The summed E-state index contributed by atoms with van der Waals surface area (Å²) in [7, 11) is 0. The van der Waals surface area contributed by atoms with Crippen LogP contribution in [0.3, 0.4) is 0 Å². The molecule has 0 aromatic carbocycles. The minimum absolute atomic E-state index is 0.628. The minimum Gasteiger partial charge on any atom is -0.367 e. The summed E-state index contributed by atoms with van der Waals surface area (Å²) in [6.45, 7) is 4.30. The average Bonchev–Trinajstić information content (AvgIpc) is 2.17. The van der Waals surface area contributed by atoms with Gasteiger partial charge in [0.05, 0.1) is 5.69 Å². The van der Waals surface area contributed by atoms with Crippen LogP contribution in [0, 0.1) is 12.8 Å². The molecule has 1 N–H and O–H groups in total. The average molecular weight is 255 g/mol. The van der Waals surface area contributed by atoms with Gasteiger partial charge in [-0.05, 0) is 53.7 Å². The van der Waals surface area contributed by atoms with Crippen molar-refractivity contribution in [3.8, 4) is 0 Å². The van der Waals surface area contributed by atoms with E-state index in [1.165, 1.54) is 12.8 Å². The van der Waals surface area contributed by atoms with Gasteiger partial charge in [0.2, 0.25) is 0 Å². The van der Waals surface area contributed by atoms with Crippen LogP contribution >= 0.6 is 15.9 Å². The van der Waals surface area contributed by atoms with Gasteiger partial charge in [0.25, 0.3) is 0 Å². The molecule has 1 aliphatic rings. The molecule has 0 aliphatic heterocycles. The first kappa shape index (κ1) is 9.97. The Morgan fingerprint density at radius 3 is 2.71 bits per heavy atom. The highest BCUT2D eigenvalue weighted by Crippen LogP contribution is 2.29. The molecule has 0 spiro atoms. The third kappa shape index (κ3) is 1.92. The largest absolute Gasteiger partial charge is 0.367 e. The zero-order valence-corrected chi connectivity index (χ0v) is 10.1. The molecule has 1 fully saturated rings. The SMILES string of the molecule is Cc1nc(NC2CCC2C)ccc1Br. The predicted octanol–water partition coefficient (Wildman–Crippen LogP) is 3.36. The van der Waals surface area contributed by atoms with Gasteiger partial charge in [-0.1, -0.05) is 6.92 Å². The van der Waals surface area contributed by atoms with E-state index in [2.05, 4.69) is 33.2 Å². The summed E-state index contributed by atoms with van der Waals surface area (Å²) in [5, 5.41) is 3.46. The maximum absolute atomic E-state index is 4.47. The van der Waals surface area contributed by atoms with Crippen LogP contribution in [-0.2, 0) is 0 Å². The van der Waals surface area contributed by atoms with Crippen molar-refractivity contribution >= 4 is 21.7 Å². The Hall–Kier alpha value is -0.570. The van der Waals surface area contributed by atoms with E-state index in [9.17, 15) is 0 Å². The normalized spacial score (nSPS) is 25.6. The van der Waals surface area contributed by atoms with E-state index in [1.807, 2.05) is 19.1 Å². The summed E-state index contributed by atoms with van der Waals surface area (Å²) in [5.74, 6) is 1.79. The quantitative estimate of drug-likeness (QED) is 0.876. The topological polar surface area (TPSA) is 24.9 Å². The van der Waals surface area contributed by atoms with Crippen molar-refractivity contribution in [3.05, 3.63) is 22.3 Å². The second-order valence-electron chi connectivity index (χ2n) is 4.07. The smallest absolute Gasteiger partial charge is 0.126 e. The van der Waals surface area contributed by atoms with E-state index in [1.54, 1.807) is 0 Å². The molecular weight excluding hydrogens is 240 g/mol. The van der Waals surface area contributed by atoms with Crippen molar-refractivity contribution in [2.75, 3.05) is 5.32 Å². The lowest BCUT2D eigenvalue weighted by Crippen LogP contribution is -2.36. The molecule has 1 aromatic rings. The first-order valence-electron chi connectivity index (χ1n) is 5.06. The number of hydrogen-bond acceptors (Lipinski definition) is 2. The second-order valence-corrected chi connectivity index (χ2v) is 4.92. The highest BCUT2D eigenvalue weighted by molar-refractivity contribution is 9.10. The van der Waals surface area contributed by atoms with E-state index >= 15 is 0 Å². The monoisotopic (exact) mass is 254 g/mol. The number of halogens is 1. The molecule has 0 saturated heterocycles. The maximum Gasteiger partial charge on any atom is 0.126 e. The number of nitrogens with zero attached hydrogens (tertiary/aromatic N) is 1. The summed E-state index contributed by atoms with van der Waals surface area (Å²) in [6.07, 6.45) is 2.62. The van der Waals surface area contributed by atoms with Crippen molar-refractivity contribution in [2.45, 2.75) is 32.7 Å². The van der Waals surface area contributed by atoms with Crippen LogP contribution in [0.15, 0.2) is 16.6 Å². The van der Waals surface area contributed by atoms with Gasteiger partial charge in [-0.15, -0.1) is 0 Å². The van der Waals surface area contributed by atoms with E-state index < -0.39 is 0 Å². The lowest BCUT2D eigenvalue weighted by atomic mass is 9.81. The molecular formula is C11H15BrN2. The van der Waals surface area contributed by atoms with Gasteiger partial charge >= 0.3 is 0 Å². The van der Waals surface area contributed by atoms with Gasteiger partial charge < -0.3 is 5.32 Å². The minimum atomic E-state index is 0.628. The number of aromatic nitrogens is 1. The molecule has 76 valence electrons. The lowest BCUT2D eigenvalue weighted by molar-refractivity contribution is 0.303. The van der Waals surface area contributed by atoms with Gasteiger partial charge in [-0.3, -0.25) is 0 Å². The first-order valence-corrected chi connectivity index (χ1v) is 5.86. The molecule has 1 saturated carbocycles. The Morgan fingerprint density at radius 1 is 1.43 bits per heavy atom. The molecule has 1 heterocycles. The molecule has 1 aliphatic carbocycles. The lowest BCUT2D eigenvalue weighted by Gasteiger charge is -2.34. The van der Waals surface area contributed by atoms with Gasteiger partial charge in [0.15, 0.2) is 0 Å². The van der Waals surface area contributed by atoms with Crippen molar-refractivity contribution in [1.82, 2.24) is 4.98 Å². The molecule has 0 radical (unpaired) electrons. The summed E-state index contributed by atoms with van der Waals surface area (Å²) in [5.41, 5.74) is 1.04. The third-order valence-corrected chi connectivity index (χ3v) is 3.81. The summed E-state index contributed by atoms with van der Waals surface area (Å²) in [6, 6.07) is 4.71. The van der Waals surface area contributed by atoms with Crippen LogP contribution in [0.5, 0.6) is 0 Å². The number of rotatable bonds is 2. The molecule has 2 nitrogen and oxygen atoms in total. The van der Waals surface area contributed by atoms with Crippen LogP contribution in [0.2, 0.25) is 0 Å². The van der Waals surface area contributed by atoms with Crippen LogP contribution < -0.4 is 5.32 Å². The van der Waals surface area contributed by atoms with E-state index in [-0.39, 0.29) is 0 Å². The van der Waals surface area contributed by atoms with E-state index in [0.29, 0.717) is 6.04 Å². The molecule has 0 bridgehead atoms. The predicted molar refractivity (Wildman–Crippen MR) is 62.5 cm³/mol. The van der Waals surface area contributed by atoms with Crippen LogP contribution in [0.1, 0.15) is 25.5 Å². The summed E-state index contributed by atoms with van der Waals surface area (Å²) >= 11 is 3.45. The standard InChI is InChI=1S/C11H15BrN2/c1-7-3-5-10(7)14-11-6-4-9(12)8(2)13-11/h4,6-7,10H,3,5H2,1-2H3,(H,13,14). The summed E-state index contributed by atoms with van der Waals surface area (Å²) in [4.78, 5) is 4.47. The highest BCUT2D eigenvalue weighted by Gasteiger charge is 2.26. The number of nitrogens with one attached hydrogen (secondary N) is 1. The van der Waals surface area contributed by atoms with Crippen molar-refractivity contribution in [3.63, 3.8) is 0 Å². The van der Waals surface area contributed by atoms with Gasteiger partial charge in [-0.2, -0.15) is 0 Å². The molecule has 2 atom stereocenters. The fourth-order valence-corrected chi connectivity index (χ4v) is 1.92. The number of pyridine rings is 1. The molecule has 3 heteroatoms. The molecule has 2 rings (SSSR count). The second kappa shape index (κ2) is 3.89. The highest BCUT2D eigenvalue weighted by atomic mass is 79.9. The molecule has 1 aromatic heterocycles. The fraction of sp³-hybridized carbons (Fsp3) is 0.545. The van der Waals surface area contributed by atoms with E-state index in [0.717, 1.165) is 21.9 Å². The Bertz CT molecular complexity index is 338. The Balaban J connectivity index is 2.06. The number of aryl methyl sites for hydroxylation is 1. The summed E-state index contributed by atoms with van der Waals surface area (Å²) < 4.78 is 1.07. The van der Waals surface area contributed by atoms with Gasteiger partial charge in [0, 0.05) is 10.5 Å². The zero-order valence-electron chi connectivity index (χ0n) is 8.55. The van der Waals surface area contributed by atoms with Crippen molar-refractivity contribution in [2.24, 2.45) is 5.92 Å². The van der Waals surface area contributed by atoms with Crippen LogP contribution in [0.25, 0.3) is 0 Å². The fourth-order valence-electron chi connectivity index (χ4n) is 1.70. The molecule has 2 unspecified atom stereocenters. The first-order chi connectivity index (χ1) is 6.66. The number of hydrogen-bond donors (Lipinski definition) is 1. The van der Waals surface area contributed by atoms with E-state index in [4.69, 9.17) is 0 Å². The third-order valence-electron chi connectivity index (χ3n) is 2.97. The Kier molecular flexibility index (Phi) is 2.77. The zero-order chi connectivity index (χ0) is 10.1. The van der Waals surface area contributed by atoms with Crippen molar-refractivity contribution < 1.29 is 0 Å². The Morgan fingerprint density at radius 2 is 2.21 bits per heavy atom. The van der Waals surface area contributed by atoms with Crippen LogP contribution in [0.4, 0.5) is 5.82 Å². The van der Waals surface area contributed by atoms with Crippen LogP contribution in [-0.4, -0.2) is 11.0 Å². The number of anilines is 1.